The number of carbonyl (C=O) groups excluding carboxylic acids is 1. The van der Waals surface area contributed by atoms with Crippen LogP contribution in [0.2, 0.25) is 0 Å². The largest absolute Gasteiger partial charge is 0.383 e. The fourth-order valence-electron chi connectivity index (χ4n) is 1.59. The second kappa shape index (κ2) is 4.65. The number of nitrogens with zero attached hydrogens (tertiary/aromatic N) is 1. The molecule has 0 aliphatic rings. The van der Waals surface area contributed by atoms with Gasteiger partial charge in [-0.15, -0.1) is 0 Å². The number of hydrogen-bond donors (Lipinski definition) is 2. The quantitative estimate of drug-likeness (QED) is 0.826. The molecule has 0 saturated carbocycles. The van der Waals surface area contributed by atoms with Crippen molar-refractivity contribution in [2.24, 2.45) is 0 Å². The van der Waals surface area contributed by atoms with Crippen LogP contribution in [0.25, 0.3) is 0 Å². The molecule has 0 fully saturated rings. The lowest BCUT2D eigenvalue weighted by atomic mass is 10.1. The molecule has 4 nitrogen and oxygen atoms in total. The van der Waals surface area contributed by atoms with Crippen LogP contribution in [0.1, 0.15) is 15.9 Å². The zero-order valence-corrected chi connectivity index (χ0v) is 9.47. The number of nitrogen functional groups attached to an aromatic ring is 1. The molecule has 4 heteroatoms. The van der Waals surface area contributed by atoms with Crippen molar-refractivity contribution >= 4 is 17.4 Å². The predicted octanol–water partition coefficient (Wildman–Crippen LogP) is 2.22. The number of amides is 1. The van der Waals surface area contributed by atoms with Crippen LogP contribution in [-0.2, 0) is 0 Å². The van der Waals surface area contributed by atoms with E-state index in [0.717, 1.165) is 11.3 Å². The number of aryl methyl sites for hydroxylation is 1. The minimum absolute atomic E-state index is 0.237. The Morgan fingerprint density at radius 3 is 2.59 bits per heavy atom. The minimum Gasteiger partial charge on any atom is -0.383 e. The summed E-state index contributed by atoms with van der Waals surface area (Å²) in [5.74, 6) is 0.0118. The van der Waals surface area contributed by atoms with Gasteiger partial charge in [0.05, 0.1) is 5.56 Å². The molecule has 0 atom stereocenters. The number of pyridine rings is 1. The van der Waals surface area contributed by atoms with Gasteiger partial charge in [-0.05, 0) is 30.7 Å². The number of hydrogen-bond acceptors (Lipinski definition) is 3. The maximum absolute atomic E-state index is 12.0. The summed E-state index contributed by atoms with van der Waals surface area (Å²) in [5.41, 5.74) is 7.68. The molecule has 1 aromatic heterocycles. The fraction of sp³-hybridized carbons (Fsp3) is 0.0769. The lowest BCUT2D eigenvalue weighted by molar-refractivity contribution is 0.102. The van der Waals surface area contributed by atoms with Crippen LogP contribution in [0.4, 0.5) is 11.5 Å². The van der Waals surface area contributed by atoms with Crippen molar-refractivity contribution in [3.05, 3.63) is 53.7 Å². The van der Waals surface area contributed by atoms with Gasteiger partial charge in [0, 0.05) is 11.9 Å². The van der Waals surface area contributed by atoms with Gasteiger partial charge in [-0.25, -0.2) is 4.98 Å². The Morgan fingerprint density at radius 2 is 1.94 bits per heavy atom. The average Bonchev–Trinajstić information content (AvgIpc) is 2.30. The van der Waals surface area contributed by atoms with E-state index in [2.05, 4.69) is 10.3 Å². The van der Waals surface area contributed by atoms with Gasteiger partial charge in [0.2, 0.25) is 0 Å². The first-order valence-corrected chi connectivity index (χ1v) is 5.26. The van der Waals surface area contributed by atoms with Crippen LogP contribution >= 0.6 is 0 Å². The minimum atomic E-state index is -0.237. The summed E-state index contributed by atoms with van der Waals surface area (Å²) in [6, 6.07) is 11.0. The van der Waals surface area contributed by atoms with Crippen molar-refractivity contribution in [1.29, 1.82) is 0 Å². The molecule has 2 rings (SSSR count). The van der Waals surface area contributed by atoms with E-state index in [4.69, 9.17) is 5.73 Å². The summed E-state index contributed by atoms with van der Waals surface area (Å²) >= 11 is 0. The topological polar surface area (TPSA) is 68.0 Å². The van der Waals surface area contributed by atoms with E-state index in [9.17, 15) is 4.79 Å². The Bertz CT molecular complexity index is 517. The molecule has 1 amide bonds. The van der Waals surface area contributed by atoms with Gasteiger partial charge in [0.1, 0.15) is 5.82 Å². The molecule has 1 heterocycles. The highest BCUT2D eigenvalue weighted by Crippen LogP contribution is 2.15. The highest BCUT2D eigenvalue weighted by atomic mass is 16.1. The number of carbonyl (C=O) groups is 1. The van der Waals surface area contributed by atoms with Crippen molar-refractivity contribution in [3.8, 4) is 0 Å². The molecule has 17 heavy (non-hydrogen) atoms. The number of nitrogens with one attached hydrogen (secondary N) is 1. The standard InChI is InChI=1S/C13H13N3O/c1-9-7-8-15-12(14)11(9)13(17)16-10-5-3-2-4-6-10/h2-8H,1H3,(H2,14,15)(H,16,17). The zero-order chi connectivity index (χ0) is 12.3. The van der Waals surface area contributed by atoms with Crippen molar-refractivity contribution < 1.29 is 4.79 Å². The molecule has 3 N–H and O–H groups in total. The Hall–Kier alpha value is -2.36. The molecule has 0 spiro atoms. The normalized spacial score (nSPS) is 9.94. The van der Waals surface area contributed by atoms with Gasteiger partial charge < -0.3 is 11.1 Å². The van der Waals surface area contributed by atoms with Gasteiger partial charge in [-0.2, -0.15) is 0 Å². The molecule has 0 aliphatic carbocycles. The van der Waals surface area contributed by atoms with Crippen LogP contribution < -0.4 is 11.1 Å². The SMILES string of the molecule is Cc1ccnc(N)c1C(=O)Nc1ccccc1. The van der Waals surface area contributed by atoms with Crippen LogP contribution in [0, 0.1) is 6.92 Å². The van der Waals surface area contributed by atoms with Crippen molar-refractivity contribution in [1.82, 2.24) is 4.98 Å². The third kappa shape index (κ3) is 2.42. The summed E-state index contributed by atoms with van der Waals surface area (Å²) < 4.78 is 0. The van der Waals surface area contributed by atoms with Gasteiger partial charge >= 0.3 is 0 Å². The molecule has 0 bridgehead atoms. The van der Waals surface area contributed by atoms with E-state index in [1.165, 1.54) is 0 Å². The number of aromatic nitrogens is 1. The van der Waals surface area contributed by atoms with Crippen molar-refractivity contribution in [2.45, 2.75) is 6.92 Å². The summed E-state index contributed by atoms with van der Waals surface area (Å²) in [6.45, 7) is 1.83. The van der Waals surface area contributed by atoms with Gasteiger partial charge in [0.15, 0.2) is 0 Å². The molecule has 0 aliphatic heterocycles. The Labute approximate surface area is 99.5 Å². The predicted molar refractivity (Wildman–Crippen MR) is 67.8 cm³/mol. The number of anilines is 2. The molecule has 0 radical (unpaired) electrons. The van der Waals surface area contributed by atoms with Gasteiger partial charge in [-0.3, -0.25) is 4.79 Å². The third-order valence-electron chi connectivity index (χ3n) is 2.45. The first-order valence-electron chi connectivity index (χ1n) is 5.26. The molecule has 86 valence electrons. The maximum atomic E-state index is 12.0. The average molecular weight is 227 g/mol. The van der Waals surface area contributed by atoms with Crippen LogP contribution in [0.15, 0.2) is 42.6 Å². The molecular formula is C13H13N3O. The Morgan fingerprint density at radius 1 is 1.24 bits per heavy atom. The highest BCUT2D eigenvalue weighted by molar-refractivity contribution is 6.08. The third-order valence-corrected chi connectivity index (χ3v) is 2.45. The first kappa shape index (κ1) is 11.1. The molecular weight excluding hydrogens is 214 g/mol. The number of rotatable bonds is 2. The van der Waals surface area contributed by atoms with Crippen molar-refractivity contribution in [3.63, 3.8) is 0 Å². The van der Waals surface area contributed by atoms with Crippen LogP contribution in [-0.4, -0.2) is 10.9 Å². The number of para-hydroxylation sites is 1. The monoisotopic (exact) mass is 227 g/mol. The van der Waals surface area contributed by atoms with Gasteiger partial charge in [0.25, 0.3) is 5.91 Å². The second-order valence-corrected chi connectivity index (χ2v) is 3.71. The maximum Gasteiger partial charge on any atom is 0.259 e. The van der Waals surface area contributed by atoms with E-state index in [1.807, 2.05) is 37.3 Å². The molecule has 1 aromatic carbocycles. The van der Waals surface area contributed by atoms with Crippen LogP contribution in [0.5, 0.6) is 0 Å². The van der Waals surface area contributed by atoms with E-state index in [1.54, 1.807) is 12.3 Å². The highest BCUT2D eigenvalue weighted by Gasteiger charge is 2.13. The summed E-state index contributed by atoms with van der Waals surface area (Å²) in [7, 11) is 0. The van der Waals surface area contributed by atoms with Crippen LogP contribution in [0.3, 0.4) is 0 Å². The number of benzene rings is 1. The van der Waals surface area contributed by atoms with E-state index in [0.29, 0.717) is 5.56 Å². The zero-order valence-electron chi connectivity index (χ0n) is 9.47. The van der Waals surface area contributed by atoms with E-state index >= 15 is 0 Å². The Balaban J connectivity index is 2.27. The summed E-state index contributed by atoms with van der Waals surface area (Å²) in [5, 5.41) is 2.78. The lowest BCUT2D eigenvalue weighted by Crippen LogP contribution is -2.16. The second-order valence-electron chi connectivity index (χ2n) is 3.71. The fourth-order valence-corrected chi connectivity index (χ4v) is 1.59. The van der Waals surface area contributed by atoms with E-state index in [-0.39, 0.29) is 11.7 Å². The first-order chi connectivity index (χ1) is 8.18. The van der Waals surface area contributed by atoms with Gasteiger partial charge in [-0.1, -0.05) is 18.2 Å². The van der Waals surface area contributed by atoms with Crippen molar-refractivity contribution in [2.75, 3.05) is 11.1 Å². The molecule has 0 saturated heterocycles. The smallest absolute Gasteiger partial charge is 0.259 e. The van der Waals surface area contributed by atoms with E-state index < -0.39 is 0 Å². The summed E-state index contributed by atoms with van der Waals surface area (Å²) in [6.07, 6.45) is 1.59. The molecule has 0 unspecified atom stereocenters. The number of nitrogens with two attached hydrogens (primary N) is 1. The lowest BCUT2D eigenvalue weighted by Gasteiger charge is -2.09. The summed E-state index contributed by atoms with van der Waals surface area (Å²) in [4.78, 5) is 15.9. The Kier molecular flexibility index (Phi) is 3.05. The molecule has 2 aromatic rings.